The number of halogens is 3. The lowest BCUT2D eigenvalue weighted by atomic mass is 9.84. The highest BCUT2D eigenvalue weighted by Crippen LogP contribution is 2.29. The molecule has 3 nitrogen and oxygen atoms in total. The van der Waals surface area contributed by atoms with E-state index in [2.05, 4.69) is 4.74 Å². The van der Waals surface area contributed by atoms with Crippen LogP contribution in [0.25, 0.3) is 0 Å². The number of ether oxygens (including phenoxy) is 1. The first-order valence-electron chi connectivity index (χ1n) is 4.79. The third kappa shape index (κ3) is 3.37. The van der Waals surface area contributed by atoms with Gasteiger partial charge in [-0.15, -0.1) is 13.2 Å². The van der Waals surface area contributed by atoms with Gasteiger partial charge in [-0.3, -0.25) is 4.79 Å². The van der Waals surface area contributed by atoms with E-state index in [1.54, 1.807) is 0 Å². The van der Waals surface area contributed by atoms with Crippen LogP contribution in [0.15, 0.2) is 24.3 Å². The van der Waals surface area contributed by atoms with Gasteiger partial charge in [0.2, 0.25) is 5.91 Å². The molecule has 1 amide bonds. The van der Waals surface area contributed by atoms with Gasteiger partial charge in [-0.05, 0) is 31.5 Å². The van der Waals surface area contributed by atoms with Crippen molar-refractivity contribution in [3.8, 4) is 5.75 Å². The van der Waals surface area contributed by atoms with E-state index in [1.807, 2.05) is 0 Å². The summed E-state index contributed by atoms with van der Waals surface area (Å²) < 4.78 is 39.8. The molecule has 0 fully saturated rings. The Kier molecular flexibility index (Phi) is 3.35. The van der Waals surface area contributed by atoms with E-state index in [-0.39, 0.29) is 5.75 Å². The van der Waals surface area contributed by atoms with Gasteiger partial charge in [0, 0.05) is 0 Å². The number of primary amides is 1. The lowest BCUT2D eigenvalue weighted by Gasteiger charge is -2.21. The van der Waals surface area contributed by atoms with Crippen molar-refractivity contribution in [1.29, 1.82) is 0 Å². The lowest BCUT2D eigenvalue weighted by molar-refractivity contribution is -0.274. The Hall–Kier alpha value is -1.72. The number of carbonyl (C=O) groups excluding carboxylic acids is 1. The largest absolute Gasteiger partial charge is 0.573 e. The average molecular weight is 247 g/mol. The Bertz CT molecular complexity index is 427. The Morgan fingerprint density at radius 1 is 1.29 bits per heavy atom. The standard InChI is InChI=1S/C11H12F3NO2/c1-10(2,9(15)16)7-4-3-5-8(6-7)17-11(12,13)14/h3-6H,1-2H3,(H2,15,16). The monoisotopic (exact) mass is 247 g/mol. The van der Waals surface area contributed by atoms with Crippen molar-refractivity contribution in [3.63, 3.8) is 0 Å². The summed E-state index contributed by atoms with van der Waals surface area (Å²) in [7, 11) is 0. The molecule has 1 rings (SSSR count). The van der Waals surface area contributed by atoms with Crippen LogP contribution >= 0.6 is 0 Å². The van der Waals surface area contributed by atoms with Crippen LogP contribution in [0, 0.1) is 0 Å². The molecule has 1 aromatic rings. The van der Waals surface area contributed by atoms with Crippen LogP contribution in [0.5, 0.6) is 5.75 Å². The van der Waals surface area contributed by atoms with Crippen LogP contribution in [0.4, 0.5) is 13.2 Å². The van der Waals surface area contributed by atoms with Crippen LogP contribution in [-0.4, -0.2) is 12.3 Å². The van der Waals surface area contributed by atoms with Crippen LogP contribution < -0.4 is 10.5 Å². The van der Waals surface area contributed by atoms with E-state index < -0.39 is 17.7 Å². The molecule has 0 heterocycles. The smallest absolute Gasteiger partial charge is 0.406 e. The zero-order valence-corrected chi connectivity index (χ0v) is 9.34. The fourth-order valence-corrected chi connectivity index (χ4v) is 1.22. The van der Waals surface area contributed by atoms with Gasteiger partial charge < -0.3 is 10.5 Å². The number of carbonyl (C=O) groups is 1. The van der Waals surface area contributed by atoms with Crippen molar-refractivity contribution in [2.45, 2.75) is 25.6 Å². The zero-order chi connectivity index (χ0) is 13.3. The molecule has 0 radical (unpaired) electrons. The molecular formula is C11H12F3NO2. The molecule has 0 unspecified atom stereocenters. The van der Waals surface area contributed by atoms with Crippen molar-refractivity contribution < 1.29 is 22.7 Å². The fourth-order valence-electron chi connectivity index (χ4n) is 1.22. The molecular weight excluding hydrogens is 235 g/mol. The summed E-state index contributed by atoms with van der Waals surface area (Å²) in [6.45, 7) is 3.06. The minimum absolute atomic E-state index is 0.367. The van der Waals surface area contributed by atoms with Gasteiger partial charge >= 0.3 is 6.36 Å². The first-order chi connectivity index (χ1) is 7.63. The molecule has 0 aliphatic carbocycles. The molecule has 0 atom stereocenters. The van der Waals surface area contributed by atoms with Gasteiger partial charge in [-0.2, -0.15) is 0 Å². The van der Waals surface area contributed by atoms with E-state index in [4.69, 9.17) is 5.73 Å². The molecule has 0 aliphatic rings. The number of hydrogen-bond donors (Lipinski definition) is 1. The van der Waals surface area contributed by atoms with Gasteiger partial charge in [-0.1, -0.05) is 12.1 Å². The van der Waals surface area contributed by atoms with E-state index in [1.165, 1.54) is 26.0 Å². The van der Waals surface area contributed by atoms with Crippen molar-refractivity contribution in [1.82, 2.24) is 0 Å². The third-order valence-corrected chi connectivity index (χ3v) is 2.41. The average Bonchev–Trinajstić information content (AvgIpc) is 2.15. The number of hydrogen-bond acceptors (Lipinski definition) is 2. The number of amides is 1. The lowest BCUT2D eigenvalue weighted by Crippen LogP contribution is -2.35. The normalized spacial score (nSPS) is 12.3. The van der Waals surface area contributed by atoms with Crippen LogP contribution in [0.2, 0.25) is 0 Å². The Labute approximate surface area is 96.4 Å². The summed E-state index contributed by atoms with van der Waals surface area (Å²) in [4.78, 5) is 11.2. The van der Waals surface area contributed by atoms with Crippen LogP contribution in [0.1, 0.15) is 19.4 Å². The number of benzene rings is 1. The minimum atomic E-state index is -4.75. The molecule has 17 heavy (non-hydrogen) atoms. The molecule has 0 saturated heterocycles. The summed E-state index contributed by atoms with van der Waals surface area (Å²) in [6.07, 6.45) is -4.75. The molecule has 0 bridgehead atoms. The molecule has 0 aromatic heterocycles. The topological polar surface area (TPSA) is 52.3 Å². The molecule has 1 aromatic carbocycles. The molecule has 2 N–H and O–H groups in total. The molecule has 0 aliphatic heterocycles. The number of nitrogens with two attached hydrogens (primary N) is 1. The van der Waals surface area contributed by atoms with Gasteiger partial charge in [0.15, 0.2) is 0 Å². The summed E-state index contributed by atoms with van der Waals surface area (Å²) in [5, 5.41) is 0. The highest BCUT2D eigenvalue weighted by Gasteiger charge is 2.32. The highest BCUT2D eigenvalue weighted by molar-refractivity contribution is 5.85. The second-order valence-corrected chi connectivity index (χ2v) is 4.06. The van der Waals surface area contributed by atoms with Crippen LogP contribution in [-0.2, 0) is 10.2 Å². The summed E-state index contributed by atoms with van der Waals surface area (Å²) >= 11 is 0. The maximum absolute atomic E-state index is 12.0. The SMILES string of the molecule is CC(C)(C(N)=O)c1cccc(OC(F)(F)F)c1. The second kappa shape index (κ2) is 4.27. The maximum atomic E-state index is 12.0. The van der Waals surface area contributed by atoms with Gasteiger partial charge in [0.25, 0.3) is 0 Å². The van der Waals surface area contributed by atoms with Crippen molar-refractivity contribution in [2.24, 2.45) is 5.73 Å². The highest BCUT2D eigenvalue weighted by atomic mass is 19.4. The quantitative estimate of drug-likeness (QED) is 0.891. The number of alkyl halides is 3. The predicted octanol–water partition coefficient (Wildman–Crippen LogP) is 2.35. The van der Waals surface area contributed by atoms with E-state index in [0.717, 1.165) is 12.1 Å². The summed E-state index contributed by atoms with van der Waals surface area (Å²) in [6, 6.07) is 5.21. The summed E-state index contributed by atoms with van der Waals surface area (Å²) in [5.74, 6) is -0.994. The molecule has 6 heteroatoms. The number of rotatable bonds is 3. The minimum Gasteiger partial charge on any atom is -0.406 e. The molecule has 0 spiro atoms. The fraction of sp³-hybridized carbons (Fsp3) is 0.364. The maximum Gasteiger partial charge on any atom is 0.573 e. The van der Waals surface area contributed by atoms with Crippen molar-refractivity contribution in [2.75, 3.05) is 0 Å². The summed E-state index contributed by atoms with van der Waals surface area (Å²) in [5.41, 5.74) is 4.49. The van der Waals surface area contributed by atoms with Gasteiger partial charge in [0.05, 0.1) is 5.41 Å². The van der Waals surface area contributed by atoms with Gasteiger partial charge in [-0.25, -0.2) is 0 Å². The van der Waals surface area contributed by atoms with E-state index >= 15 is 0 Å². The third-order valence-electron chi connectivity index (χ3n) is 2.41. The second-order valence-electron chi connectivity index (χ2n) is 4.06. The van der Waals surface area contributed by atoms with Crippen molar-refractivity contribution >= 4 is 5.91 Å². The first-order valence-corrected chi connectivity index (χ1v) is 4.79. The van der Waals surface area contributed by atoms with Gasteiger partial charge in [0.1, 0.15) is 5.75 Å². The van der Waals surface area contributed by atoms with Crippen LogP contribution in [0.3, 0.4) is 0 Å². The molecule has 0 saturated carbocycles. The molecule has 94 valence electrons. The zero-order valence-electron chi connectivity index (χ0n) is 9.34. The Morgan fingerprint density at radius 3 is 2.35 bits per heavy atom. The van der Waals surface area contributed by atoms with E-state index in [0.29, 0.717) is 5.56 Å². The first kappa shape index (κ1) is 13.3. The van der Waals surface area contributed by atoms with E-state index in [9.17, 15) is 18.0 Å². The Morgan fingerprint density at radius 2 is 1.88 bits per heavy atom. The Balaban J connectivity index is 3.06. The van der Waals surface area contributed by atoms with Crippen molar-refractivity contribution in [3.05, 3.63) is 29.8 Å². The predicted molar refractivity (Wildman–Crippen MR) is 55.3 cm³/mol.